The van der Waals surface area contributed by atoms with Gasteiger partial charge in [0.1, 0.15) is 0 Å². The van der Waals surface area contributed by atoms with Gasteiger partial charge in [-0.25, -0.2) is 0 Å². The fraction of sp³-hybridized carbons (Fsp3) is 0.143. The van der Waals surface area contributed by atoms with E-state index in [1.807, 2.05) is 49.1 Å². The van der Waals surface area contributed by atoms with Gasteiger partial charge in [0.05, 0.1) is 22.1 Å². The fourth-order valence-electron chi connectivity index (χ4n) is 4.21. The van der Waals surface area contributed by atoms with Gasteiger partial charge < -0.3 is 0 Å². The van der Waals surface area contributed by atoms with Gasteiger partial charge in [-0.05, 0) is 74.2 Å². The van der Waals surface area contributed by atoms with Crippen molar-refractivity contribution < 1.29 is 15.1 Å². The van der Waals surface area contributed by atoms with Crippen molar-refractivity contribution in [2.75, 3.05) is 0 Å². The molecule has 0 bridgehead atoms. The summed E-state index contributed by atoms with van der Waals surface area (Å²) in [6, 6.07) is 16.7. The third-order valence-corrected chi connectivity index (χ3v) is 6.11. The molecule has 0 N–H and O–H groups in total. The van der Waals surface area contributed by atoms with Gasteiger partial charge in [-0.1, -0.05) is 24.3 Å². The molecule has 0 atom stereocenters. The van der Waals surface area contributed by atoms with Crippen LogP contribution in [0.5, 0.6) is 0 Å². The summed E-state index contributed by atoms with van der Waals surface area (Å²) in [5, 5.41) is 4.75. The summed E-state index contributed by atoms with van der Waals surface area (Å²) in [4.78, 5) is 17.8. The summed E-state index contributed by atoms with van der Waals surface area (Å²) in [6.07, 6.45) is 7.39. The zero-order valence-electron chi connectivity index (χ0n) is 19.8. The molecule has 0 aliphatic rings. The Balaban J connectivity index is 0.000000149. The Bertz CT molecular complexity index is 1410. The van der Waals surface area contributed by atoms with Crippen LogP contribution in [0.1, 0.15) is 22.3 Å². The molecule has 0 amide bonds. The molecule has 0 saturated heterocycles. The van der Waals surface area contributed by atoms with Gasteiger partial charge in [0.2, 0.25) is 0 Å². The standard InChI is InChI=1S/2C14H12N2.2ClH.Ru/c2*1-9-5-7-15-13-11(9)3-4-12-10(2)6-8-16-14(12)13;;;/h2*3-8H,1-2H3;2*1H;/q;;;;+2/p-2. The first kappa shape index (κ1) is 25.4. The summed E-state index contributed by atoms with van der Waals surface area (Å²) in [5.41, 5.74) is 8.99. The molecule has 0 aliphatic carbocycles. The first-order valence-electron chi connectivity index (χ1n) is 11.0. The van der Waals surface area contributed by atoms with Crippen molar-refractivity contribution in [3.8, 4) is 0 Å². The Morgan fingerprint density at radius 2 is 0.629 bits per heavy atom. The number of aryl methyl sites for hydroxylation is 4. The molecule has 0 saturated carbocycles. The van der Waals surface area contributed by atoms with Crippen LogP contribution in [0.25, 0.3) is 43.6 Å². The van der Waals surface area contributed by atoms with Gasteiger partial charge in [-0.2, -0.15) is 0 Å². The molecule has 0 unspecified atom stereocenters. The second-order valence-electron chi connectivity index (χ2n) is 8.28. The molecule has 6 rings (SSSR count). The van der Waals surface area contributed by atoms with E-state index in [9.17, 15) is 0 Å². The van der Waals surface area contributed by atoms with E-state index in [2.05, 4.69) is 71.9 Å². The maximum absolute atomic E-state index is 4.85. The molecule has 4 heterocycles. The van der Waals surface area contributed by atoms with Crippen molar-refractivity contribution in [3.05, 3.63) is 95.6 Å². The monoisotopic (exact) mass is 588 g/mol. The molecule has 0 fully saturated rings. The van der Waals surface area contributed by atoms with E-state index in [0.717, 1.165) is 22.1 Å². The van der Waals surface area contributed by atoms with Gasteiger partial charge in [-0.15, -0.1) is 0 Å². The van der Waals surface area contributed by atoms with Crippen molar-refractivity contribution in [2.24, 2.45) is 0 Å². The Morgan fingerprint density at radius 3 is 0.829 bits per heavy atom. The fourth-order valence-corrected chi connectivity index (χ4v) is 4.21. The Kier molecular flexibility index (Phi) is 8.23. The minimum absolute atomic E-state index is 0.346. The van der Waals surface area contributed by atoms with Crippen molar-refractivity contribution in [2.45, 2.75) is 27.7 Å². The summed E-state index contributed by atoms with van der Waals surface area (Å²) in [6.45, 7) is 8.41. The number of pyridine rings is 4. The van der Waals surface area contributed by atoms with E-state index in [0.29, 0.717) is 0 Å². The molecule has 7 heteroatoms. The van der Waals surface area contributed by atoms with E-state index < -0.39 is 0 Å². The molecule has 4 aromatic heterocycles. The van der Waals surface area contributed by atoms with Crippen LogP contribution in [0.4, 0.5) is 0 Å². The number of rotatable bonds is 0. The van der Waals surface area contributed by atoms with Crippen LogP contribution < -0.4 is 0 Å². The minimum atomic E-state index is -0.346. The van der Waals surface area contributed by atoms with Crippen molar-refractivity contribution in [1.82, 2.24) is 19.9 Å². The number of nitrogens with zero attached hydrogens (tertiary/aromatic N) is 4. The van der Waals surface area contributed by atoms with Crippen molar-refractivity contribution in [3.63, 3.8) is 0 Å². The van der Waals surface area contributed by atoms with Gasteiger partial charge >= 0.3 is 34.5 Å². The Labute approximate surface area is 220 Å². The van der Waals surface area contributed by atoms with E-state index in [1.54, 1.807) is 0 Å². The predicted molar refractivity (Wildman–Crippen MR) is 145 cm³/mol. The zero-order valence-corrected chi connectivity index (χ0v) is 23.1. The van der Waals surface area contributed by atoms with Crippen LogP contribution in [-0.4, -0.2) is 19.9 Å². The zero-order chi connectivity index (χ0) is 24.9. The number of aromatic nitrogens is 4. The van der Waals surface area contributed by atoms with Crippen LogP contribution in [0, 0.1) is 27.7 Å². The van der Waals surface area contributed by atoms with E-state index in [-0.39, 0.29) is 15.1 Å². The first-order valence-corrected chi connectivity index (χ1v) is 15.5. The molecule has 6 aromatic rings. The molecule has 35 heavy (non-hydrogen) atoms. The average Bonchev–Trinajstić information content (AvgIpc) is 2.86. The van der Waals surface area contributed by atoms with E-state index in [4.69, 9.17) is 19.4 Å². The quantitative estimate of drug-likeness (QED) is 0.133. The summed E-state index contributed by atoms with van der Waals surface area (Å²) < 4.78 is 0. The normalized spacial score (nSPS) is 10.8. The van der Waals surface area contributed by atoms with Gasteiger partial charge in [-0.3, -0.25) is 19.9 Å². The van der Waals surface area contributed by atoms with Gasteiger partial charge in [0.25, 0.3) is 0 Å². The molecule has 0 radical (unpaired) electrons. The van der Waals surface area contributed by atoms with Crippen LogP contribution in [0.15, 0.2) is 73.3 Å². The van der Waals surface area contributed by atoms with Crippen molar-refractivity contribution in [1.29, 1.82) is 0 Å². The van der Waals surface area contributed by atoms with E-state index >= 15 is 0 Å². The van der Waals surface area contributed by atoms with Gasteiger partial charge in [0.15, 0.2) is 0 Å². The number of hydrogen-bond donors (Lipinski definition) is 0. The topological polar surface area (TPSA) is 51.6 Å². The number of benzene rings is 2. The second kappa shape index (κ2) is 11.3. The summed E-state index contributed by atoms with van der Waals surface area (Å²) in [7, 11) is 9.71. The van der Waals surface area contributed by atoms with Crippen LogP contribution in [0.3, 0.4) is 0 Å². The number of halogens is 2. The van der Waals surface area contributed by atoms with Crippen molar-refractivity contribution >= 4 is 63.0 Å². The molecule has 0 spiro atoms. The van der Waals surface area contributed by atoms with Crippen LogP contribution in [-0.2, 0) is 15.1 Å². The molecular formula is C28H24Cl2N4Ru. The molecule has 0 aliphatic heterocycles. The molecular weight excluding hydrogens is 564 g/mol. The Hall–Kier alpha value is -2.72. The second-order valence-corrected chi connectivity index (χ2v) is 10.9. The number of hydrogen-bond acceptors (Lipinski definition) is 4. The van der Waals surface area contributed by atoms with Crippen LogP contribution in [0.2, 0.25) is 0 Å². The molecule has 4 nitrogen and oxygen atoms in total. The Morgan fingerprint density at radius 1 is 0.429 bits per heavy atom. The molecule has 2 aromatic carbocycles. The SMILES string of the molecule is Cc1ccnc2c1ccc1c(C)ccnc12.Cc1ccnc2c1ccc1c(C)ccnc12.[Cl][Ru][Cl]. The van der Waals surface area contributed by atoms with E-state index in [1.165, 1.54) is 43.8 Å². The summed E-state index contributed by atoms with van der Waals surface area (Å²) in [5.74, 6) is 0. The average molecular weight is 589 g/mol. The van der Waals surface area contributed by atoms with Crippen LogP contribution >= 0.6 is 19.4 Å². The maximum atomic E-state index is 4.85. The summed E-state index contributed by atoms with van der Waals surface area (Å²) >= 11 is -0.346. The predicted octanol–water partition coefficient (Wildman–Crippen LogP) is 8.18. The third kappa shape index (κ3) is 5.28. The third-order valence-electron chi connectivity index (χ3n) is 6.11. The first-order chi connectivity index (χ1) is 17.0. The molecule has 178 valence electrons. The number of fused-ring (bicyclic) bond motifs is 6. The van der Waals surface area contributed by atoms with Gasteiger partial charge in [0, 0.05) is 46.3 Å².